The van der Waals surface area contributed by atoms with E-state index < -0.39 is 0 Å². The standard InChI is InChI=1S/C14H20N4OS/c19-13(11-6-10(11)8-2-1-3-8)15-7-12-16-17-14(20)18(12)9-4-5-9/h8-11H,1-7H2,(H,15,19)(H,17,20)/t10-,11+/m1/s1. The van der Waals surface area contributed by atoms with Gasteiger partial charge in [-0.3, -0.25) is 14.5 Å². The maximum Gasteiger partial charge on any atom is 0.223 e. The van der Waals surface area contributed by atoms with Crippen LogP contribution in [-0.2, 0) is 11.3 Å². The van der Waals surface area contributed by atoms with E-state index in [-0.39, 0.29) is 11.8 Å². The number of H-pyrrole nitrogens is 1. The Bertz CT molecular complexity index is 584. The Hall–Kier alpha value is -1.17. The van der Waals surface area contributed by atoms with Crippen LogP contribution in [0.4, 0.5) is 0 Å². The molecule has 0 spiro atoms. The molecule has 0 aliphatic heterocycles. The molecule has 1 aromatic rings. The van der Waals surface area contributed by atoms with Crippen LogP contribution >= 0.6 is 12.2 Å². The van der Waals surface area contributed by atoms with Gasteiger partial charge in [0, 0.05) is 12.0 Å². The molecule has 2 atom stereocenters. The molecule has 20 heavy (non-hydrogen) atoms. The zero-order chi connectivity index (χ0) is 13.7. The van der Waals surface area contributed by atoms with Crippen molar-refractivity contribution in [3.05, 3.63) is 10.6 Å². The summed E-state index contributed by atoms with van der Waals surface area (Å²) >= 11 is 5.24. The van der Waals surface area contributed by atoms with Crippen molar-refractivity contribution in [2.24, 2.45) is 17.8 Å². The smallest absolute Gasteiger partial charge is 0.223 e. The van der Waals surface area contributed by atoms with E-state index in [9.17, 15) is 4.79 Å². The van der Waals surface area contributed by atoms with Crippen molar-refractivity contribution in [1.29, 1.82) is 0 Å². The molecule has 0 saturated heterocycles. The predicted molar refractivity (Wildman–Crippen MR) is 76.5 cm³/mol. The first-order chi connectivity index (χ1) is 9.74. The molecule has 0 bridgehead atoms. The number of nitrogens with one attached hydrogen (secondary N) is 2. The second kappa shape index (κ2) is 4.69. The van der Waals surface area contributed by atoms with Crippen LogP contribution < -0.4 is 5.32 Å². The molecule has 1 aromatic heterocycles. The molecular weight excluding hydrogens is 272 g/mol. The lowest BCUT2D eigenvalue weighted by Gasteiger charge is -2.25. The molecule has 2 N–H and O–H groups in total. The molecular formula is C14H20N4OS. The van der Waals surface area contributed by atoms with Crippen LogP contribution in [-0.4, -0.2) is 20.7 Å². The minimum absolute atomic E-state index is 0.207. The molecule has 1 amide bonds. The number of carbonyl (C=O) groups excluding carboxylic acids is 1. The summed E-state index contributed by atoms with van der Waals surface area (Å²) < 4.78 is 2.74. The first kappa shape index (κ1) is 12.6. The van der Waals surface area contributed by atoms with Gasteiger partial charge in [-0.2, -0.15) is 5.10 Å². The van der Waals surface area contributed by atoms with Crippen molar-refractivity contribution in [3.8, 4) is 0 Å². The summed E-state index contributed by atoms with van der Waals surface area (Å²) in [5, 5.41) is 10.1. The van der Waals surface area contributed by atoms with E-state index in [1.54, 1.807) is 0 Å². The van der Waals surface area contributed by atoms with Crippen LogP contribution in [0.2, 0.25) is 0 Å². The SMILES string of the molecule is O=C(NCc1n[nH]c(=S)n1C1CC1)[C@H]1C[C@@H]1C1CCC1. The first-order valence-electron chi connectivity index (χ1n) is 7.67. The second-order valence-electron chi connectivity index (χ2n) is 6.46. The Morgan fingerprint density at radius 2 is 2.20 bits per heavy atom. The summed E-state index contributed by atoms with van der Waals surface area (Å²) in [6.45, 7) is 0.496. The number of aromatic amines is 1. The summed E-state index contributed by atoms with van der Waals surface area (Å²) in [7, 11) is 0. The molecule has 0 aromatic carbocycles. The van der Waals surface area contributed by atoms with Gasteiger partial charge in [-0.05, 0) is 43.3 Å². The van der Waals surface area contributed by atoms with Gasteiger partial charge in [-0.1, -0.05) is 19.3 Å². The predicted octanol–water partition coefficient (Wildman–Crippen LogP) is 2.33. The fraction of sp³-hybridized carbons (Fsp3) is 0.786. The molecule has 4 rings (SSSR count). The number of carbonyl (C=O) groups is 1. The maximum absolute atomic E-state index is 12.2. The van der Waals surface area contributed by atoms with E-state index in [4.69, 9.17) is 12.2 Å². The summed E-state index contributed by atoms with van der Waals surface area (Å²) in [5.74, 6) is 2.82. The Morgan fingerprint density at radius 1 is 1.40 bits per heavy atom. The average Bonchev–Trinajstić information content (AvgIpc) is 3.26. The van der Waals surface area contributed by atoms with Crippen molar-refractivity contribution >= 4 is 18.1 Å². The van der Waals surface area contributed by atoms with Gasteiger partial charge in [0.1, 0.15) is 0 Å². The van der Waals surface area contributed by atoms with Crippen molar-refractivity contribution in [3.63, 3.8) is 0 Å². The lowest BCUT2D eigenvalue weighted by atomic mass is 9.81. The topological polar surface area (TPSA) is 62.7 Å². The third-order valence-corrected chi connectivity index (χ3v) is 5.33. The van der Waals surface area contributed by atoms with Gasteiger partial charge < -0.3 is 5.32 Å². The van der Waals surface area contributed by atoms with Crippen molar-refractivity contribution in [2.45, 2.75) is 51.1 Å². The molecule has 0 radical (unpaired) electrons. The zero-order valence-corrected chi connectivity index (χ0v) is 12.3. The fourth-order valence-electron chi connectivity index (χ4n) is 3.37. The van der Waals surface area contributed by atoms with Gasteiger partial charge in [-0.15, -0.1) is 0 Å². The number of amides is 1. The van der Waals surface area contributed by atoms with Crippen LogP contribution in [0.5, 0.6) is 0 Å². The molecule has 1 heterocycles. The highest BCUT2D eigenvalue weighted by atomic mass is 32.1. The molecule has 3 saturated carbocycles. The Kier molecular flexibility index (Phi) is 2.94. The number of nitrogens with zero attached hydrogens (tertiary/aromatic N) is 2. The fourth-order valence-corrected chi connectivity index (χ4v) is 3.67. The van der Waals surface area contributed by atoms with Gasteiger partial charge in [0.2, 0.25) is 5.91 Å². The molecule has 3 aliphatic rings. The summed E-state index contributed by atoms with van der Waals surface area (Å²) in [6, 6.07) is 0.497. The highest BCUT2D eigenvalue weighted by Crippen LogP contribution is 2.51. The van der Waals surface area contributed by atoms with Crippen LogP contribution in [0.3, 0.4) is 0 Å². The molecule has 6 heteroatoms. The second-order valence-corrected chi connectivity index (χ2v) is 6.85. The lowest BCUT2D eigenvalue weighted by molar-refractivity contribution is -0.123. The van der Waals surface area contributed by atoms with Gasteiger partial charge in [0.05, 0.1) is 6.54 Å². The highest BCUT2D eigenvalue weighted by molar-refractivity contribution is 7.71. The van der Waals surface area contributed by atoms with Crippen molar-refractivity contribution in [1.82, 2.24) is 20.1 Å². The van der Waals surface area contributed by atoms with Crippen LogP contribution in [0.15, 0.2) is 0 Å². The average molecular weight is 292 g/mol. The minimum Gasteiger partial charge on any atom is -0.349 e. The van der Waals surface area contributed by atoms with Gasteiger partial charge in [0.25, 0.3) is 0 Å². The van der Waals surface area contributed by atoms with Crippen molar-refractivity contribution < 1.29 is 4.79 Å². The third-order valence-electron chi connectivity index (χ3n) is 5.04. The molecule has 3 fully saturated rings. The van der Waals surface area contributed by atoms with Gasteiger partial charge in [-0.25, -0.2) is 0 Å². The van der Waals surface area contributed by atoms with Crippen LogP contribution in [0, 0.1) is 22.5 Å². The van der Waals surface area contributed by atoms with Gasteiger partial charge >= 0.3 is 0 Å². The largest absolute Gasteiger partial charge is 0.349 e. The van der Waals surface area contributed by atoms with E-state index in [0.29, 0.717) is 23.3 Å². The summed E-state index contributed by atoms with van der Waals surface area (Å²) in [4.78, 5) is 12.2. The lowest BCUT2D eigenvalue weighted by Crippen LogP contribution is -2.28. The number of rotatable bonds is 5. The Balaban J connectivity index is 1.34. The van der Waals surface area contributed by atoms with Crippen LogP contribution in [0.1, 0.15) is 50.4 Å². The monoisotopic (exact) mass is 292 g/mol. The third kappa shape index (κ3) is 2.20. The molecule has 3 aliphatic carbocycles. The first-order valence-corrected chi connectivity index (χ1v) is 8.08. The Labute approximate surface area is 123 Å². The maximum atomic E-state index is 12.2. The Morgan fingerprint density at radius 3 is 2.85 bits per heavy atom. The minimum atomic E-state index is 0.207. The highest BCUT2D eigenvalue weighted by Gasteiger charge is 2.48. The molecule has 0 unspecified atom stereocenters. The van der Waals surface area contributed by atoms with Crippen LogP contribution in [0.25, 0.3) is 0 Å². The van der Waals surface area contributed by atoms with Crippen molar-refractivity contribution in [2.75, 3.05) is 0 Å². The zero-order valence-electron chi connectivity index (χ0n) is 11.5. The quantitative estimate of drug-likeness (QED) is 0.819. The number of aromatic nitrogens is 3. The summed E-state index contributed by atoms with van der Waals surface area (Å²) in [6.07, 6.45) is 7.43. The number of hydrogen-bond donors (Lipinski definition) is 2. The molecule has 108 valence electrons. The van der Waals surface area contributed by atoms with E-state index >= 15 is 0 Å². The van der Waals surface area contributed by atoms with Gasteiger partial charge in [0.15, 0.2) is 10.6 Å². The molecule has 5 nitrogen and oxygen atoms in total. The number of hydrogen-bond acceptors (Lipinski definition) is 3. The van der Waals surface area contributed by atoms with E-state index in [1.165, 1.54) is 32.1 Å². The van der Waals surface area contributed by atoms with E-state index in [2.05, 4.69) is 20.1 Å². The normalized spacial score (nSPS) is 29.0. The van der Waals surface area contributed by atoms with E-state index in [1.807, 2.05) is 0 Å². The van der Waals surface area contributed by atoms with E-state index in [0.717, 1.165) is 18.2 Å². The summed E-state index contributed by atoms with van der Waals surface area (Å²) in [5.41, 5.74) is 0.